The summed E-state index contributed by atoms with van der Waals surface area (Å²) in [5.41, 5.74) is 1.39. The largest absolute Gasteiger partial charge is 0.452 e. The Morgan fingerprint density at radius 3 is 2.56 bits per heavy atom. The smallest absolute Gasteiger partial charge is 0.341 e. The van der Waals surface area contributed by atoms with Crippen LogP contribution in [0.2, 0.25) is 0 Å². The van der Waals surface area contributed by atoms with Crippen molar-refractivity contribution in [3.8, 4) is 0 Å². The van der Waals surface area contributed by atoms with Crippen molar-refractivity contribution < 1.29 is 24.0 Å². The topological polar surface area (TPSA) is 123 Å². The maximum atomic E-state index is 12.6. The fourth-order valence-corrected chi connectivity index (χ4v) is 3.81. The van der Waals surface area contributed by atoms with Crippen LogP contribution in [-0.4, -0.2) is 67.7 Å². The van der Waals surface area contributed by atoms with Gasteiger partial charge in [0.15, 0.2) is 6.61 Å². The van der Waals surface area contributed by atoms with E-state index in [0.717, 1.165) is 38.5 Å². The number of nitro benzene ring substituents is 1. The van der Waals surface area contributed by atoms with E-state index in [9.17, 15) is 19.7 Å². The summed E-state index contributed by atoms with van der Waals surface area (Å²) >= 11 is 0. The average Bonchev–Trinajstić information content (AvgIpc) is 2.84. The minimum atomic E-state index is -0.809. The number of carbonyl (C=O) groups is 2. The van der Waals surface area contributed by atoms with Crippen LogP contribution in [0.5, 0.6) is 0 Å². The molecule has 0 aromatic heterocycles. The number of rotatable bonds is 11. The molecule has 182 valence electrons. The first kappa shape index (κ1) is 25.1. The van der Waals surface area contributed by atoms with Crippen molar-refractivity contribution in [2.45, 2.75) is 25.4 Å². The number of benzene rings is 2. The SMILES string of the molecule is COCCNc1ccc([N+](=O)[O-])cc1C(=O)OCC(=O)NC1CCN(Cc2ccccc2)CC1. The van der Waals surface area contributed by atoms with Gasteiger partial charge in [-0.25, -0.2) is 4.79 Å². The van der Waals surface area contributed by atoms with Gasteiger partial charge in [0.25, 0.3) is 11.6 Å². The first-order valence-electron chi connectivity index (χ1n) is 11.2. The number of nitrogens with one attached hydrogen (secondary N) is 2. The summed E-state index contributed by atoms with van der Waals surface area (Å²) in [6.45, 7) is 2.94. The Balaban J connectivity index is 1.47. The summed E-state index contributed by atoms with van der Waals surface area (Å²) in [6, 6.07) is 14.1. The third kappa shape index (κ3) is 7.53. The molecule has 0 unspecified atom stereocenters. The van der Waals surface area contributed by atoms with E-state index in [1.54, 1.807) is 7.11 Å². The van der Waals surface area contributed by atoms with E-state index in [1.165, 1.54) is 17.7 Å². The highest BCUT2D eigenvalue weighted by atomic mass is 16.6. The van der Waals surface area contributed by atoms with Crippen LogP contribution in [-0.2, 0) is 20.8 Å². The molecule has 34 heavy (non-hydrogen) atoms. The number of hydrogen-bond donors (Lipinski definition) is 2. The molecule has 1 heterocycles. The van der Waals surface area contributed by atoms with Crippen LogP contribution in [0.3, 0.4) is 0 Å². The zero-order valence-corrected chi connectivity index (χ0v) is 19.2. The second-order valence-corrected chi connectivity index (χ2v) is 8.09. The summed E-state index contributed by atoms with van der Waals surface area (Å²) in [7, 11) is 1.54. The van der Waals surface area contributed by atoms with Crippen LogP contribution < -0.4 is 10.6 Å². The third-order valence-corrected chi connectivity index (χ3v) is 5.59. The van der Waals surface area contributed by atoms with Crippen LogP contribution in [0.25, 0.3) is 0 Å². The predicted molar refractivity (Wildman–Crippen MR) is 127 cm³/mol. The minimum Gasteiger partial charge on any atom is -0.452 e. The molecule has 10 heteroatoms. The fraction of sp³-hybridized carbons (Fsp3) is 0.417. The highest BCUT2D eigenvalue weighted by Crippen LogP contribution is 2.23. The molecule has 0 saturated carbocycles. The number of ether oxygens (including phenoxy) is 2. The van der Waals surface area contributed by atoms with Gasteiger partial charge in [-0.15, -0.1) is 0 Å². The molecule has 0 aliphatic carbocycles. The molecule has 1 aliphatic rings. The molecular weight excluding hydrogens is 440 g/mol. The van der Waals surface area contributed by atoms with Crippen LogP contribution in [0.4, 0.5) is 11.4 Å². The molecule has 0 radical (unpaired) electrons. The molecule has 1 fully saturated rings. The lowest BCUT2D eigenvalue weighted by molar-refractivity contribution is -0.384. The van der Waals surface area contributed by atoms with Crippen LogP contribution >= 0.6 is 0 Å². The van der Waals surface area contributed by atoms with E-state index in [-0.39, 0.29) is 17.3 Å². The predicted octanol–water partition coefficient (Wildman–Crippen LogP) is 2.59. The number of hydrogen-bond acceptors (Lipinski definition) is 8. The molecule has 0 spiro atoms. The van der Waals surface area contributed by atoms with Crippen molar-refractivity contribution in [3.05, 3.63) is 69.8 Å². The van der Waals surface area contributed by atoms with E-state index in [0.29, 0.717) is 18.8 Å². The quantitative estimate of drug-likeness (QED) is 0.222. The van der Waals surface area contributed by atoms with Crippen LogP contribution in [0, 0.1) is 10.1 Å². The van der Waals surface area contributed by atoms with Gasteiger partial charge in [-0.2, -0.15) is 0 Å². The summed E-state index contributed by atoms with van der Waals surface area (Å²) < 4.78 is 10.1. The molecule has 10 nitrogen and oxygen atoms in total. The fourth-order valence-electron chi connectivity index (χ4n) is 3.81. The molecule has 2 N–H and O–H groups in total. The molecular formula is C24H30N4O6. The number of carbonyl (C=O) groups excluding carboxylic acids is 2. The zero-order valence-electron chi connectivity index (χ0n) is 19.2. The normalized spacial score (nSPS) is 14.4. The molecule has 2 aromatic rings. The Morgan fingerprint density at radius 1 is 1.15 bits per heavy atom. The lowest BCUT2D eigenvalue weighted by Crippen LogP contribution is -2.45. The lowest BCUT2D eigenvalue weighted by Gasteiger charge is -2.32. The number of likely N-dealkylation sites (tertiary alicyclic amines) is 1. The van der Waals surface area contributed by atoms with Gasteiger partial charge in [-0.3, -0.25) is 19.8 Å². The summed E-state index contributed by atoms with van der Waals surface area (Å²) in [5, 5.41) is 17.0. The summed E-state index contributed by atoms with van der Waals surface area (Å²) in [5.74, 6) is -1.20. The Bertz CT molecular complexity index is 977. The van der Waals surface area contributed by atoms with Crippen molar-refractivity contribution in [1.82, 2.24) is 10.2 Å². The Kier molecular flexibility index (Phi) is 9.36. The number of amides is 1. The first-order chi connectivity index (χ1) is 16.5. The number of nitro groups is 1. The van der Waals surface area contributed by atoms with Crippen molar-refractivity contribution in [2.75, 3.05) is 45.3 Å². The standard InChI is InChI=1S/C24H30N4O6/c1-33-14-11-25-22-8-7-20(28(31)32)15-21(22)24(30)34-17-23(29)26-19-9-12-27(13-10-19)16-18-5-3-2-4-6-18/h2-8,15,19,25H,9-14,16-17H2,1H3,(H,26,29). The van der Waals surface area contributed by atoms with E-state index in [4.69, 9.17) is 9.47 Å². The van der Waals surface area contributed by atoms with E-state index in [2.05, 4.69) is 27.7 Å². The van der Waals surface area contributed by atoms with Gasteiger partial charge in [-0.1, -0.05) is 30.3 Å². The molecule has 0 atom stereocenters. The Labute approximate surface area is 198 Å². The van der Waals surface area contributed by atoms with Gasteiger partial charge in [0.2, 0.25) is 0 Å². The summed E-state index contributed by atoms with van der Waals surface area (Å²) in [6.07, 6.45) is 1.62. The second kappa shape index (κ2) is 12.7. The van der Waals surface area contributed by atoms with Crippen molar-refractivity contribution >= 4 is 23.3 Å². The first-order valence-corrected chi connectivity index (χ1v) is 11.2. The number of non-ortho nitro benzene ring substituents is 1. The van der Waals surface area contributed by atoms with Gasteiger partial charge < -0.3 is 20.1 Å². The van der Waals surface area contributed by atoms with Gasteiger partial charge in [-0.05, 0) is 24.5 Å². The minimum absolute atomic E-state index is 0.00711. The number of nitrogens with zero attached hydrogens (tertiary/aromatic N) is 2. The molecule has 1 aliphatic heterocycles. The van der Waals surface area contributed by atoms with Crippen LogP contribution in [0.15, 0.2) is 48.5 Å². The maximum absolute atomic E-state index is 12.6. The van der Waals surface area contributed by atoms with E-state index in [1.807, 2.05) is 18.2 Å². The van der Waals surface area contributed by atoms with Gasteiger partial charge in [0.05, 0.1) is 17.1 Å². The number of methoxy groups -OCH3 is 1. The highest BCUT2D eigenvalue weighted by molar-refractivity contribution is 5.97. The van der Waals surface area contributed by atoms with Gasteiger partial charge in [0.1, 0.15) is 0 Å². The second-order valence-electron chi connectivity index (χ2n) is 8.09. The Hall–Kier alpha value is -3.50. The molecule has 2 aromatic carbocycles. The van der Waals surface area contributed by atoms with Gasteiger partial charge >= 0.3 is 5.97 Å². The lowest BCUT2D eigenvalue weighted by atomic mass is 10.0. The zero-order chi connectivity index (χ0) is 24.3. The monoisotopic (exact) mass is 470 g/mol. The summed E-state index contributed by atoms with van der Waals surface area (Å²) in [4.78, 5) is 37.8. The van der Waals surface area contributed by atoms with Crippen LogP contribution in [0.1, 0.15) is 28.8 Å². The average molecular weight is 471 g/mol. The van der Waals surface area contributed by atoms with Crippen molar-refractivity contribution in [2.24, 2.45) is 0 Å². The number of piperidine rings is 1. The van der Waals surface area contributed by atoms with Gasteiger partial charge in [0, 0.05) is 57.2 Å². The molecule has 1 amide bonds. The molecule has 3 rings (SSSR count). The molecule has 0 bridgehead atoms. The third-order valence-electron chi connectivity index (χ3n) is 5.59. The Morgan fingerprint density at radius 2 is 1.88 bits per heavy atom. The number of anilines is 1. The maximum Gasteiger partial charge on any atom is 0.341 e. The van der Waals surface area contributed by atoms with E-state index >= 15 is 0 Å². The highest BCUT2D eigenvalue weighted by Gasteiger charge is 2.22. The molecule has 1 saturated heterocycles. The van der Waals surface area contributed by atoms with Crippen molar-refractivity contribution in [1.29, 1.82) is 0 Å². The van der Waals surface area contributed by atoms with Crippen molar-refractivity contribution in [3.63, 3.8) is 0 Å². The van der Waals surface area contributed by atoms with E-state index < -0.39 is 23.4 Å². The number of esters is 1.